The van der Waals surface area contributed by atoms with Gasteiger partial charge in [-0.05, 0) is 28.5 Å². The Labute approximate surface area is 145 Å². The first-order chi connectivity index (χ1) is 11.7. The summed E-state index contributed by atoms with van der Waals surface area (Å²) >= 11 is 1.43. The first kappa shape index (κ1) is 16.3. The van der Waals surface area contributed by atoms with Gasteiger partial charge < -0.3 is 0 Å². The van der Waals surface area contributed by atoms with Gasteiger partial charge in [-0.15, -0.1) is 11.8 Å². The molecule has 4 heteroatoms. The Bertz CT molecular complexity index is 862. The lowest BCUT2D eigenvalue weighted by Gasteiger charge is -2.05. The van der Waals surface area contributed by atoms with Crippen LogP contribution in [-0.2, 0) is 16.0 Å². The molecule has 0 spiro atoms. The number of rotatable bonds is 5. The third-order valence-corrected chi connectivity index (χ3v) is 4.57. The van der Waals surface area contributed by atoms with E-state index < -0.39 is 0 Å². The number of carbonyl (C=O) groups excluding carboxylic acids is 2. The van der Waals surface area contributed by atoms with Gasteiger partial charge in [-0.3, -0.25) is 14.9 Å². The number of hydrogen-bond donors (Lipinski definition) is 1. The van der Waals surface area contributed by atoms with E-state index in [0.29, 0.717) is 0 Å². The van der Waals surface area contributed by atoms with Gasteiger partial charge in [0.2, 0.25) is 11.8 Å². The van der Waals surface area contributed by atoms with E-state index in [1.54, 1.807) is 0 Å². The molecule has 0 fully saturated rings. The molecule has 0 bridgehead atoms. The maximum atomic E-state index is 11.9. The van der Waals surface area contributed by atoms with Crippen molar-refractivity contribution in [1.29, 1.82) is 0 Å². The van der Waals surface area contributed by atoms with Gasteiger partial charge in [0.1, 0.15) is 0 Å². The summed E-state index contributed by atoms with van der Waals surface area (Å²) in [6.07, 6.45) is 0.215. The highest BCUT2D eigenvalue weighted by atomic mass is 32.2. The summed E-state index contributed by atoms with van der Waals surface area (Å²) in [5.74, 6) is -0.321. The van der Waals surface area contributed by atoms with Gasteiger partial charge in [0.05, 0.1) is 12.2 Å². The fourth-order valence-corrected chi connectivity index (χ4v) is 3.17. The van der Waals surface area contributed by atoms with Crippen LogP contribution < -0.4 is 5.32 Å². The predicted molar refractivity (Wildman–Crippen MR) is 98.0 cm³/mol. The van der Waals surface area contributed by atoms with E-state index in [4.69, 9.17) is 0 Å². The molecule has 3 rings (SSSR count). The molecule has 24 heavy (non-hydrogen) atoms. The molecule has 0 unspecified atom stereocenters. The summed E-state index contributed by atoms with van der Waals surface area (Å²) in [4.78, 5) is 24.8. The van der Waals surface area contributed by atoms with E-state index in [1.165, 1.54) is 17.1 Å². The highest BCUT2D eigenvalue weighted by Gasteiger charge is 2.09. The standard InChI is InChI=1S/C20H17NO2S/c22-19(12-15-6-2-1-3-7-15)21-20(23)14-24-18-11-10-16-8-4-5-9-17(16)13-18/h1-11,13H,12,14H2,(H,21,22,23). The Morgan fingerprint density at radius 3 is 2.29 bits per heavy atom. The van der Waals surface area contributed by atoms with E-state index in [-0.39, 0.29) is 24.0 Å². The largest absolute Gasteiger partial charge is 0.295 e. The molecule has 3 aromatic rings. The number of benzene rings is 3. The zero-order valence-corrected chi connectivity index (χ0v) is 13.9. The van der Waals surface area contributed by atoms with Gasteiger partial charge >= 0.3 is 0 Å². The van der Waals surface area contributed by atoms with Gasteiger partial charge in [0, 0.05) is 4.90 Å². The fourth-order valence-electron chi connectivity index (χ4n) is 2.42. The molecule has 0 atom stereocenters. The van der Waals surface area contributed by atoms with Crippen molar-refractivity contribution in [3.05, 3.63) is 78.4 Å². The summed E-state index contributed by atoms with van der Waals surface area (Å²) in [5, 5.41) is 4.75. The summed E-state index contributed by atoms with van der Waals surface area (Å²) in [6, 6.07) is 23.6. The van der Waals surface area contributed by atoms with E-state index >= 15 is 0 Å². The van der Waals surface area contributed by atoms with Crippen molar-refractivity contribution in [1.82, 2.24) is 5.32 Å². The predicted octanol–water partition coefficient (Wildman–Crippen LogP) is 3.82. The molecule has 3 aromatic carbocycles. The van der Waals surface area contributed by atoms with Crippen LogP contribution in [-0.4, -0.2) is 17.6 Å². The van der Waals surface area contributed by atoms with Crippen LogP contribution in [0.3, 0.4) is 0 Å². The highest BCUT2D eigenvalue weighted by molar-refractivity contribution is 8.00. The third-order valence-electron chi connectivity index (χ3n) is 3.58. The monoisotopic (exact) mass is 335 g/mol. The minimum Gasteiger partial charge on any atom is -0.295 e. The maximum absolute atomic E-state index is 11.9. The second-order valence-corrected chi connectivity index (χ2v) is 6.48. The molecule has 0 heterocycles. The highest BCUT2D eigenvalue weighted by Crippen LogP contribution is 2.23. The Morgan fingerprint density at radius 2 is 1.50 bits per heavy atom. The van der Waals surface area contributed by atoms with Crippen molar-refractivity contribution in [3.63, 3.8) is 0 Å². The average molecular weight is 335 g/mol. The van der Waals surface area contributed by atoms with Crippen LogP contribution in [0.5, 0.6) is 0 Å². The van der Waals surface area contributed by atoms with Crippen LogP contribution in [0.4, 0.5) is 0 Å². The molecule has 1 N–H and O–H groups in total. The number of fused-ring (bicyclic) bond motifs is 1. The van der Waals surface area contributed by atoms with Gasteiger partial charge in [-0.2, -0.15) is 0 Å². The fraction of sp³-hybridized carbons (Fsp3) is 0.100. The summed E-state index contributed by atoms with van der Waals surface area (Å²) in [7, 11) is 0. The molecule has 0 aromatic heterocycles. The lowest BCUT2D eigenvalue weighted by Crippen LogP contribution is -2.33. The van der Waals surface area contributed by atoms with E-state index in [1.807, 2.05) is 60.7 Å². The van der Waals surface area contributed by atoms with Crippen LogP contribution >= 0.6 is 11.8 Å². The van der Waals surface area contributed by atoms with Crippen LogP contribution in [0.15, 0.2) is 77.7 Å². The molecule has 0 aliphatic carbocycles. The molecular formula is C20H17NO2S. The van der Waals surface area contributed by atoms with E-state index in [0.717, 1.165) is 15.8 Å². The Morgan fingerprint density at radius 1 is 0.792 bits per heavy atom. The summed E-state index contributed by atoms with van der Waals surface area (Å²) in [5.41, 5.74) is 0.894. The maximum Gasteiger partial charge on any atom is 0.236 e. The molecular weight excluding hydrogens is 318 g/mol. The number of carbonyl (C=O) groups is 2. The van der Waals surface area contributed by atoms with Crippen molar-refractivity contribution in [2.24, 2.45) is 0 Å². The summed E-state index contributed by atoms with van der Waals surface area (Å²) < 4.78 is 0. The lowest BCUT2D eigenvalue weighted by molar-refractivity contribution is -0.128. The average Bonchev–Trinajstić information content (AvgIpc) is 2.60. The van der Waals surface area contributed by atoms with Crippen LogP contribution in [0, 0.1) is 0 Å². The molecule has 2 amide bonds. The Kier molecular flexibility index (Phi) is 5.29. The Hall–Kier alpha value is -2.59. The van der Waals surface area contributed by atoms with Gasteiger partial charge in [-0.1, -0.05) is 60.7 Å². The minimum absolute atomic E-state index is 0.215. The number of thioether (sulfide) groups is 1. The van der Waals surface area contributed by atoms with E-state index in [2.05, 4.69) is 17.4 Å². The normalized spacial score (nSPS) is 10.5. The molecule has 120 valence electrons. The molecule has 0 aliphatic heterocycles. The second-order valence-electron chi connectivity index (χ2n) is 5.43. The van der Waals surface area contributed by atoms with Crippen molar-refractivity contribution < 1.29 is 9.59 Å². The summed E-state index contributed by atoms with van der Waals surface area (Å²) in [6.45, 7) is 0. The topological polar surface area (TPSA) is 46.2 Å². The number of nitrogens with one attached hydrogen (secondary N) is 1. The SMILES string of the molecule is O=C(CSc1ccc2ccccc2c1)NC(=O)Cc1ccccc1. The number of hydrogen-bond acceptors (Lipinski definition) is 3. The zero-order valence-electron chi connectivity index (χ0n) is 13.1. The number of imide groups is 1. The molecule has 0 aliphatic rings. The Balaban J connectivity index is 1.52. The molecule has 3 nitrogen and oxygen atoms in total. The van der Waals surface area contributed by atoms with Gasteiger partial charge in [-0.25, -0.2) is 0 Å². The second kappa shape index (κ2) is 7.79. The molecule has 0 saturated carbocycles. The van der Waals surface area contributed by atoms with E-state index in [9.17, 15) is 9.59 Å². The first-order valence-corrected chi connectivity index (χ1v) is 8.67. The van der Waals surface area contributed by atoms with Gasteiger partial charge in [0.15, 0.2) is 0 Å². The van der Waals surface area contributed by atoms with Crippen LogP contribution in [0.25, 0.3) is 10.8 Å². The lowest BCUT2D eigenvalue weighted by atomic mass is 10.1. The van der Waals surface area contributed by atoms with Crippen molar-refractivity contribution in [2.45, 2.75) is 11.3 Å². The molecule has 0 saturated heterocycles. The van der Waals surface area contributed by atoms with Crippen molar-refractivity contribution >= 4 is 34.3 Å². The minimum atomic E-state index is -0.273. The van der Waals surface area contributed by atoms with Crippen molar-refractivity contribution in [3.8, 4) is 0 Å². The van der Waals surface area contributed by atoms with Gasteiger partial charge in [0.25, 0.3) is 0 Å². The molecule has 0 radical (unpaired) electrons. The smallest absolute Gasteiger partial charge is 0.236 e. The number of amides is 2. The van der Waals surface area contributed by atoms with Crippen molar-refractivity contribution in [2.75, 3.05) is 5.75 Å². The zero-order chi connectivity index (χ0) is 16.8. The van der Waals surface area contributed by atoms with Crippen LogP contribution in [0.1, 0.15) is 5.56 Å². The first-order valence-electron chi connectivity index (χ1n) is 7.69. The van der Waals surface area contributed by atoms with Crippen LogP contribution in [0.2, 0.25) is 0 Å². The quantitative estimate of drug-likeness (QED) is 0.721. The third kappa shape index (κ3) is 4.46.